The van der Waals surface area contributed by atoms with Gasteiger partial charge in [-0.05, 0) is 11.6 Å². The summed E-state index contributed by atoms with van der Waals surface area (Å²) in [6, 6.07) is 4.06. The van der Waals surface area contributed by atoms with Gasteiger partial charge in [0.2, 0.25) is 0 Å². The molecule has 0 spiro atoms. The van der Waals surface area contributed by atoms with Crippen molar-refractivity contribution in [2.24, 2.45) is 0 Å². The zero-order valence-electron chi connectivity index (χ0n) is 5.49. The Labute approximate surface area is 65.4 Å². The number of aromatic nitrogens is 1. The predicted molar refractivity (Wildman–Crippen MR) is 42.5 cm³/mol. The van der Waals surface area contributed by atoms with Gasteiger partial charge >= 0.3 is 0 Å². The Balaban J connectivity index is 2.42. The van der Waals surface area contributed by atoms with E-state index in [1.807, 2.05) is 16.6 Å². The minimum absolute atomic E-state index is 0.874. The van der Waals surface area contributed by atoms with Crippen molar-refractivity contribution in [3.05, 3.63) is 29.6 Å². The fourth-order valence-electron chi connectivity index (χ4n) is 1.18. The van der Waals surface area contributed by atoms with E-state index in [2.05, 4.69) is 23.9 Å². The summed E-state index contributed by atoms with van der Waals surface area (Å²) in [6.07, 6.45) is 1.83. The lowest BCUT2D eigenvalue weighted by molar-refractivity contribution is 0.513. The minimum atomic E-state index is 0.874. The molecule has 10 heavy (non-hydrogen) atoms. The van der Waals surface area contributed by atoms with Crippen molar-refractivity contribution >= 4 is 12.8 Å². The summed E-state index contributed by atoms with van der Waals surface area (Å²) in [6.45, 7) is 1.80. The van der Waals surface area contributed by atoms with E-state index in [-0.39, 0.29) is 0 Å². The van der Waals surface area contributed by atoms with E-state index in [0.29, 0.717) is 0 Å². The van der Waals surface area contributed by atoms with Gasteiger partial charge in [0.05, 0.1) is 12.2 Å². The minimum Gasteiger partial charge on any atom is -0.260 e. The first-order valence-corrected chi connectivity index (χ1v) is 3.63. The highest BCUT2D eigenvalue weighted by Crippen LogP contribution is 2.20. The Morgan fingerprint density at radius 1 is 1.50 bits per heavy atom. The number of hydrogen-bond acceptors (Lipinski definition) is 3. The van der Waals surface area contributed by atoms with Gasteiger partial charge in [-0.2, -0.15) is 0 Å². The number of rotatable bonds is 0. The summed E-state index contributed by atoms with van der Waals surface area (Å²) in [7, 11) is 0. The van der Waals surface area contributed by atoms with Crippen LogP contribution in [0.15, 0.2) is 18.3 Å². The lowest BCUT2D eigenvalue weighted by atomic mass is 10.2. The molecule has 1 aliphatic heterocycles. The molecule has 0 amide bonds. The van der Waals surface area contributed by atoms with Crippen molar-refractivity contribution in [2.75, 3.05) is 0 Å². The second-order valence-electron chi connectivity index (χ2n) is 2.43. The third-order valence-corrected chi connectivity index (χ3v) is 1.95. The number of pyridine rings is 1. The Kier molecular flexibility index (Phi) is 1.39. The first kappa shape index (κ1) is 6.19. The van der Waals surface area contributed by atoms with E-state index in [4.69, 9.17) is 0 Å². The molecule has 0 fully saturated rings. The lowest BCUT2D eigenvalue weighted by Gasteiger charge is -2.00. The van der Waals surface area contributed by atoms with Crippen molar-refractivity contribution in [2.45, 2.75) is 13.1 Å². The fraction of sp³-hybridized carbons (Fsp3) is 0.286. The molecule has 0 atom stereocenters. The Hall–Kier alpha value is -0.540. The molecule has 52 valence electrons. The molecule has 3 heteroatoms. The van der Waals surface area contributed by atoms with Crippen molar-refractivity contribution in [1.82, 2.24) is 9.29 Å². The second kappa shape index (κ2) is 2.25. The standard InChI is InChI=1S/C7H8N2S/c10-9-4-6-2-1-3-8-7(6)5-9/h1-3,10H,4-5H2. The number of hydrogen-bond donors (Lipinski definition) is 1. The van der Waals surface area contributed by atoms with Crippen LogP contribution in [0.4, 0.5) is 0 Å². The number of nitrogens with zero attached hydrogens (tertiary/aromatic N) is 2. The Morgan fingerprint density at radius 2 is 2.40 bits per heavy atom. The molecule has 0 saturated heterocycles. The van der Waals surface area contributed by atoms with E-state index in [1.54, 1.807) is 0 Å². The summed E-state index contributed by atoms with van der Waals surface area (Å²) < 4.78 is 1.96. The van der Waals surface area contributed by atoms with E-state index in [0.717, 1.165) is 18.8 Å². The third-order valence-electron chi connectivity index (χ3n) is 1.67. The molecule has 1 aromatic rings. The molecule has 2 heterocycles. The summed E-state index contributed by atoms with van der Waals surface area (Å²) in [5.41, 5.74) is 2.47. The number of fused-ring (bicyclic) bond motifs is 1. The molecule has 0 bridgehead atoms. The van der Waals surface area contributed by atoms with Crippen LogP contribution in [-0.2, 0) is 13.1 Å². The first-order valence-electron chi connectivity index (χ1n) is 3.23. The topological polar surface area (TPSA) is 16.1 Å². The fourth-order valence-corrected chi connectivity index (χ4v) is 1.47. The Morgan fingerprint density at radius 3 is 3.20 bits per heavy atom. The van der Waals surface area contributed by atoms with Gasteiger partial charge in [0.25, 0.3) is 0 Å². The van der Waals surface area contributed by atoms with Crippen LogP contribution in [0.5, 0.6) is 0 Å². The summed E-state index contributed by atoms with van der Waals surface area (Å²) in [4.78, 5) is 4.22. The maximum atomic E-state index is 4.23. The summed E-state index contributed by atoms with van der Waals surface area (Å²) in [5, 5.41) is 0. The molecular weight excluding hydrogens is 144 g/mol. The molecule has 0 unspecified atom stereocenters. The average Bonchev–Trinajstić information content (AvgIpc) is 2.27. The molecule has 0 N–H and O–H groups in total. The average molecular weight is 152 g/mol. The largest absolute Gasteiger partial charge is 0.260 e. The lowest BCUT2D eigenvalue weighted by Crippen LogP contribution is -1.99. The van der Waals surface area contributed by atoms with Gasteiger partial charge in [-0.3, -0.25) is 4.98 Å². The van der Waals surface area contributed by atoms with Crippen LogP contribution >= 0.6 is 12.8 Å². The summed E-state index contributed by atoms with van der Waals surface area (Å²) in [5.74, 6) is 0. The number of thiol groups is 1. The van der Waals surface area contributed by atoms with Gasteiger partial charge in [-0.15, -0.1) is 0 Å². The van der Waals surface area contributed by atoms with Gasteiger partial charge < -0.3 is 0 Å². The van der Waals surface area contributed by atoms with Crippen LogP contribution < -0.4 is 0 Å². The predicted octanol–water partition coefficient (Wildman–Crippen LogP) is 1.24. The molecule has 1 aliphatic rings. The van der Waals surface area contributed by atoms with Crippen molar-refractivity contribution < 1.29 is 0 Å². The van der Waals surface area contributed by atoms with E-state index >= 15 is 0 Å². The van der Waals surface area contributed by atoms with Gasteiger partial charge in [0.15, 0.2) is 0 Å². The molecule has 1 aromatic heterocycles. The van der Waals surface area contributed by atoms with Crippen LogP contribution in [0.3, 0.4) is 0 Å². The van der Waals surface area contributed by atoms with Crippen LogP contribution in [0.25, 0.3) is 0 Å². The highest BCUT2D eigenvalue weighted by atomic mass is 32.1. The van der Waals surface area contributed by atoms with Crippen LogP contribution in [0.1, 0.15) is 11.3 Å². The Bertz CT molecular complexity index is 224. The molecular formula is C7H8N2S. The maximum absolute atomic E-state index is 4.23. The van der Waals surface area contributed by atoms with Gasteiger partial charge in [-0.1, -0.05) is 18.9 Å². The molecule has 0 saturated carbocycles. The smallest absolute Gasteiger partial charge is 0.0598 e. The van der Waals surface area contributed by atoms with Crippen molar-refractivity contribution in [1.29, 1.82) is 0 Å². The zero-order valence-corrected chi connectivity index (χ0v) is 6.38. The molecule has 0 radical (unpaired) electrons. The maximum Gasteiger partial charge on any atom is 0.0598 e. The third kappa shape index (κ3) is 0.914. The van der Waals surface area contributed by atoms with Crippen LogP contribution in [-0.4, -0.2) is 9.29 Å². The molecule has 0 aliphatic carbocycles. The summed E-state index contributed by atoms with van der Waals surface area (Å²) >= 11 is 4.23. The first-order chi connectivity index (χ1) is 4.86. The molecule has 0 aromatic carbocycles. The highest BCUT2D eigenvalue weighted by molar-refractivity contribution is 7.77. The van der Waals surface area contributed by atoms with Gasteiger partial charge in [0, 0.05) is 12.7 Å². The van der Waals surface area contributed by atoms with Gasteiger partial charge in [0.1, 0.15) is 0 Å². The van der Waals surface area contributed by atoms with Crippen LogP contribution in [0, 0.1) is 0 Å². The molecule has 2 nitrogen and oxygen atoms in total. The highest BCUT2D eigenvalue weighted by Gasteiger charge is 2.15. The normalized spacial score (nSPS) is 17.3. The van der Waals surface area contributed by atoms with E-state index in [9.17, 15) is 0 Å². The van der Waals surface area contributed by atoms with Crippen molar-refractivity contribution in [3.63, 3.8) is 0 Å². The van der Waals surface area contributed by atoms with Crippen molar-refractivity contribution in [3.8, 4) is 0 Å². The SMILES string of the molecule is SN1Cc2cccnc2C1. The monoisotopic (exact) mass is 152 g/mol. The van der Waals surface area contributed by atoms with E-state index in [1.165, 1.54) is 5.56 Å². The molecule has 2 rings (SSSR count). The van der Waals surface area contributed by atoms with Crippen LogP contribution in [0.2, 0.25) is 0 Å². The quantitative estimate of drug-likeness (QED) is 0.563. The second-order valence-corrected chi connectivity index (χ2v) is 3.00. The van der Waals surface area contributed by atoms with E-state index < -0.39 is 0 Å². The van der Waals surface area contributed by atoms with Gasteiger partial charge in [-0.25, -0.2) is 4.31 Å². The zero-order chi connectivity index (χ0) is 6.97.